The molecule has 1 amide bonds. The second-order valence-electron chi connectivity index (χ2n) is 4.09. The van der Waals surface area contributed by atoms with E-state index in [-0.39, 0.29) is 5.91 Å². The van der Waals surface area contributed by atoms with E-state index in [1.165, 1.54) is 10.4 Å². The van der Waals surface area contributed by atoms with Crippen LogP contribution in [0.4, 0.5) is 0 Å². The lowest BCUT2D eigenvalue weighted by Gasteiger charge is -2.19. The molecule has 0 N–H and O–H groups in total. The first-order chi connectivity index (χ1) is 7.60. The average Bonchev–Trinajstić information content (AvgIpc) is 2.60. The maximum Gasteiger partial charge on any atom is 0.263 e. The Labute approximate surface area is 102 Å². The van der Waals surface area contributed by atoms with Crippen LogP contribution in [0.1, 0.15) is 46.8 Å². The van der Waals surface area contributed by atoms with Crippen LogP contribution >= 0.6 is 11.3 Å². The standard InChI is InChI=1S/C13H21NOS/c1-5-7-8-14(6-2)13(15)12-9-10(3)11(4)16-12/h9H,5-8H2,1-4H3. The molecule has 1 aromatic heterocycles. The first-order valence-electron chi connectivity index (χ1n) is 5.96. The van der Waals surface area contributed by atoms with Gasteiger partial charge in [0.2, 0.25) is 0 Å². The Hall–Kier alpha value is -0.830. The molecule has 0 bridgehead atoms. The van der Waals surface area contributed by atoms with Crippen molar-refractivity contribution in [3.8, 4) is 0 Å². The minimum atomic E-state index is 0.192. The maximum atomic E-state index is 12.2. The lowest BCUT2D eigenvalue weighted by Crippen LogP contribution is -2.31. The molecule has 0 saturated heterocycles. The number of hydrogen-bond donors (Lipinski definition) is 0. The molecule has 1 heterocycles. The summed E-state index contributed by atoms with van der Waals surface area (Å²) < 4.78 is 0. The molecule has 0 aliphatic heterocycles. The summed E-state index contributed by atoms with van der Waals surface area (Å²) in [5.41, 5.74) is 1.22. The molecule has 1 aromatic rings. The summed E-state index contributed by atoms with van der Waals surface area (Å²) in [5, 5.41) is 0. The van der Waals surface area contributed by atoms with E-state index in [0.717, 1.165) is 30.8 Å². The van der Waals surface area contributed by atoms with Gasteiger partial charge >= 0.3 is 0 Å². The van der Waals surface area contributed by atoms with Crippen molar-refractivity contribution in [2.75, 3.05) is 13.1 Å². The number of carbonyl (C=O) groups is 1. The molecule has 0 radical (unpaired) electrons. The van der Waals surface area contributed by atoms with Gasteiger partial charge in [-0.1, -0.05) is 13.3 Å². The molecular formula is C13H21NOS. The van der Waals surface area contributed by atoms with Crippen molar-refractivity contribution in [3.63, 3.8) is 0 Å². The number of nitrogens with zero attached hydrogens (tertiary/aromatic N) is 1. The van der Waals surface area contributed by atoms with Gasteiger partial charge in [0, 0.05) is 18.0 Å². The predicted molar refractivity (Wildman–Crippen MR) is 70.3 cm³/mol. The van der Waals surface area contributed by atoms with E-state index >= 15 is 0 Å². The fraction of sp³-hybridized carbons (Fsp3) is 0.615. The summed E-state index contributed by atoms with van der Waals surface area (Å²) in [6.07, 6.45) is 2.22. The number of hydrogen-bond acceptors (Lipinski definition) is 2. The van der Waals surface area contributed by atoms with E-state index in [0.29, 0.717) is 0 Å². The Bertz CT molecular complexity index is 337. The highest BCUT2D eigenvalue weighted by atomic mass is 32.1. The first-order valence-corrected chi connectivity index (χ1v) is 6.78. The van der Waals surface area contributed by atoms with Crippen LogP contribution < -0.4 is 0 Å². The summed E-state index contributed by atoms with van der Waals surface area (Å²) >= 11 is 1.61. The maximum absolute atomic E-state index is 12.2. The van der Waals surface area contributed by atoms with Gasteiger partial charge in [0.05, 0.1) is 4.88 Å². The van der Waals surface area contributed by atoms with E-state index in [1.807, 2.05) is 17.9 Å². The highest BCUT2D eigenvalue weighted by Crippen LogP contribution is 2.22. The lowest BCUT2D eigenvalue weighted by molar-refractivity contribution is 0.0767. The quantitative estimate of drug-likeness (QED) is 0.768. The summed E-state index contributed by atoms with van der Waals surface area (Å²) in [5.74, 6) is 0.192. The first kappa shape index (κ1) is 13.2. The van der Waals surface area contributed by atoms with Crippen LogP contribution in [-0.4, -0.2) is 23.9 Å². The molecule has 0 atom stereocenters. The second-order valence-corrected chi connectivity index (χ2v) is 5.34. The Balaban J connectivity index is 2.74. The van der Waals surface area contributed by atoms with Gasteiger partial charge < -0.3 is 4.90 Å². The molecule has 0 aromatic carbocycles. The minimum Gasteiger partial charge on any atom is -0.338 e. The van der Waals surface area contributed by atoms with Crippen molar-refractivity contribution >= 4 is 17.2 Å². The molecule has 0 fully saturated rings. The molecule has 0 saturated carbocycles. The van der Waals surface area contributed by atoms with E-state index < -0.39 is 0 Å². The molecular weight excluding hydrogens is 218 g/mol. The van der Waals surface area contributed by atoms with Crippen molar-refractivity contribution < 1.29 is 4.79 Å². The number of aryl methyl sites for hydroxylation is 2. The SMILES string of the molecule is CCCCN(CC)C(=O)c1cc(C)c(C)s1. The van der Waals surface area contributed by atoms with Crippen LogP contribution in [-0.2, 0) is 0 Å². The molecule has 0 aliphatic rings. The van der Waals surface area contributed by atoms with E-state index in [1.54, 1.807) is 11.3 Å². The molecule has 16 heavy (non-hydrogen) atoms. The molecule has 0 aliphatic carbocycles. The van der Waals surface area contributed by atoms with Crippen molar-refractivity contribution in [1.82, 2.24) is 4.90 Å². The van der Waals surface area contributed by atoms with Crippen molar-refractivity contribution in [1.29, 1.82) is 0 Å². The normalized spacial score (nSPS) is 10.5. The number of thiophene rings is 1. The summed E-state index contributed by atoms with van der Waals surface area (Å²) in [6, 6.07) is 2.01. The van der Waals surface area contributed by atoms with E-state index in [2.05, 4.69) is 20.8 Å². The van der Waals surface area contributed by atoms with Gasteiger partial charge in [0.1, 0.15) is 0 Å². The highest BCUT2D eigenvalue weighted by molar-refractivity contribution is 7.14. The zero-order chi connectivity index (χ0) is 12.1. The van der Waals surface area contributed by atoms with Crippen molar-refractivity contribution in [3.05, 3.63) is 21.4 Å². The van der Waals surface area contributed by atoms with Crippen molar-refractivity contribution in [2.45, 2.75) is 40.5 Å². The smallest absolute Gasteiger partial charge is 0.263 e. The zero-order valence-electron chi connectivity index (χ0n) is 10.7. The monoisotopic (exact) mass is 239 g/mol. The van der Waals surface area contributed by atoms with Gasteiger partial charge in [-0.2, -0.15) is 0 Å². The molecule has 3 heteroatoms. The lowest BCUT2D eigenvalue weighted by atomic mass is 10.2. The van der Waals surface area contributed by atoms with E-state index in [9.17, 15) is 4.79 Å². The third kappa shape index (κ3) is 3.08. The van der Waals surface area contributed by atoms with Crippen LogP contribution in [0.15, 0.2) is 6.07 Å². The van der Waals surface area contributed by atoms with Crippen LogP contribution in [0.5, 0.6) is 0 Å². The van der Waals surface area contributed by atoms with Crippen LogP contribution in [0, 0.1) is 13.8 Å². The number of rotatable bonds is 5. The minimum absolute atomic E-state index is 0.192. The molecule has 0 unspecified atom stereocenters. The number of unbranched alkanes of at least 4 members (excludes halogenated alkanes) is 1. The van der Waals surface area contributed by atoms with Crippen LogP contribution in [0.2, 0.25) is 0 Å². The van der Waals surface area contributed by atoms with Gasteiger partial charge in [0.15, 0.2) is 0 Å². The predicted octanol–water partition coefficient (Wildman–Crippen LogP) is 3.63. The summed E-state index contributed by atoms with van der Waals surface area (Å²) in [6.45, 7) is 10.00. The topological polar surface area (TPSA) is 20.3 Å². The van der Waals surface area contributed by atoms with Gasteiger partial charge in [-0.05, 0) is 38.8 Å². The van der Waals surface area contributed by atoms with E-state index in [4.69, 9.17) is 0 Å². The molecule has 0 spiro atoms. The second kappa shape index (κ2) is 6.04. The fourth-order valence-corrected chi connectivity index (χ4v) is 2.59. The highest BCUT2D eigenvalue weighted by Gasteiger charge is 2.16. The summed E-state index contributed by atoms with van der Waals surface area (Å²) in [4.78, 5) is 16.3. The average molecular weight is 239 g/mol. The Morgan fingerprint density at radius 1 is 1.38 bits per heavy atom. The van der Waals surface area contributed by atoms with Gasteiger partial charge in [-0.3, -0.25) is 4.79 Å². The Morgan fingerprint density at radius 3 is 2.50 bits per heavy atom. The number of carbonyl (C=O) groups excluding carboxylic acids is 1. The Morgan fingerprint density at radius 2 is 2.06 bits per heavy atom. The van der Waals surface area contributed by atoms with Crippen molar-refractivity contribution in [2.24, 2.45) is 0 Å². The fourth-order valence-electron chi connectivity index (χ4n) is 1.59. The zero-order valence-corrected chi connectivity index (χ0v) is 11.5. The third-order valence-corrected chi connectivity index (χ3v) is 3.97. The Kier molecular flexibility index (Phi) is 5.00. The summed E-state index contributed by atoms with van der Waals surface area (Å²) in [7, 11) is 0. The van der Waals surface area contributed by atoms with Crippen LogP contribution in [0.3, 0.4) is 0 Å². The van der Waals surface area contributed by atoms with Gasteiger partial charge in [-0.15, -0.1) is 11.3 Å². The molecule has 2 nitrogen and oxygen atoms in total. The largest absolute Gasteiger partial charge is 0.338 e. The number of amides is 1. The van der Waals surface area contributed by atoms with Gasteiger partial charge in [0.25, 0.3) is 5.91 Å². The van der Waals surface area contributed by atoms with Gasteiger partial charge in [-0.25, -0.2) is 0 Å². The molecule has 90 valence electrons. The third-order valence-electron chi connectivity index (χ3n) is 2.83. The molecule has 1 rings (SSSR count). The van der Waals surface area contributed by atoms with Crippen LogP contribution in [0.25, 0.3) is 0 Å².